The van der Waals surface area contributed by atoms with Crippen LogP contribution in [0.15, 0.2) is 45.7 Å². The van der Waals surface area contributed by atoms with Gasteiger partial charge in [-0.3, -0.25) is 0 Å². The highest BCUT2D eigenvalue weighted by molar-refractivity contribution is 7.90. The van der Waals surface area contributed by atoms with Crippen molar-refractivity contribution in [1.29, 1.82) is 0 Å². The van der Waals surface area contributed by atoms with E-state index >= 15 is 0 Å². The first kappa shape index (κ1) is 17.9. The molecule has 0 unspecified atom stereocenters. The summed E-state index contributed by atoms with van der Waals surface area (Å²) in [4.78, 5) is 4.37. The Bertz CT molecular complexity index is 1000. The van der Waals surface area contributed by atoms with E-state index in [1.54, 1.807) is 12.1 Å². The smallest absolute Gasteiger partial charge is 0.285 e. The van der Waals surface area contributed by atoms with Crippen molar-refractivity contribution in [2.24, 2.45) is 4.40 Å². The van der Waals surface area contributed by atoms with E-state index in [9.17, 15) is 8.42 Å². The van der Waals surface area contributed by atoms with E-state index in [2.05, 4.69) is 40.3 Å². The van der Waals surface area contributed by atoms with Gasteiger partial charge in [-0.1, -0.05) is 32.9 Å². The minimum atomic E-state index is -3.59. The molecule has 142 valence electrons. The number of rotatable bonds is 2. The van der Waals surface area contributed by atoms with Crippen molar-refractivity contribution in [3.63, 3.8) is 0 Å². The van der Waals surface area contributed by atoms with E-state index in [1.807, 2.05) is 36.2 Å². The maximum absolute atomic E-state index is 12.3. The number of hydrogen-bond donors (Lipinski definition) is 0. The fourth-order valence-corrected chi connectivity index (χ4v) is 4.54. The Hall–Kier alpha value is -2.48. The van der Waals surface area contributed by atoms with Gasteiger partial charge in [-0.15, -0.1) is 9.50 Å². The molecule has 0 saturated carbocycles. The van der Waals surface area contributed by atoms with Gasteiger partial charge in [0.15, 0.2) is 11.7 Å². The van der Waals surface area contributed by atoms with Gasteiger partial charge < -0.3 is 9.80 Å². The van der Waals surface area contributed by atoms with E-state index in [0.717, 1.165) is 24.6 Å². The van der Waals surface area contributed by atoms with E-state index in [0.29, 0.717) is 11.4 Å². The van der Waals surface area contributed by atoms with Crippen LogP contribution < -0.4 is 4.90 Å². The molecule has 27 heavy (non-hydrogen) atoms. The summed E-state index contributed by atoms with van der Waals surface area (Å²) in [6.45, 7) is 7.83. The molecule has 2 aliphatic heterocycles. The fourth-order valence-electron chi connectivity index (χ4n) is 3.30. The third-order valence-electron chi connectivity index (χ3n) is 5.10. The first-order valence-corrected chi connectivity index (χ1v) is 10.4. The van der Waals surface area contributed by atoms with E-state index in [4.69, 9.17) is 0 Å². The molecule has 4 rings (SSSR count). The Morgan fingerprint density at radius 1 is 1.07 bits per heavy atom. The summed E-state index contributed by atoms with van der Waals surface area (Å²) in [5.74, 6) is 1.36. The Morgan fingerprint density at radius 2 is 1.78 bits per heavy atom. The second-order valence-electron chi connectivity index (χ2n) is 8.08. The van der Waals surface area contributed by atoms with Crippen LogP contribution in [0.5, 0.6) is 0 Å². The molecule has 7 nitrogen and oxygen atoms in total. The molecule has 2 aromatic rings. The van der Waals surface area contributed by atoms with Crippen LogP contribution in [0.1, 0.15) is 32.0 Å². The van der Waals surface area contributed by atoms with Crippen LogP contribution in [0.3, 0.4) is 0 Å². The first-order chi connectivity index (χ1) is 12.7. The van der Waals surface area contributed by atoms with Crippen LogP contribution >= 0.6 is 0 Å². The lowest BCUT2D eigenvalue weighted by atomic mass is 9.92. The number of nitrogens with zero attached hydrogens (tertiary/aromatic N) is 5. The van der Waals surface area contributed by atoms with E-state index in [1.165, 1.54) is 0 Å². The molecule has 1 aromatic carbocycles. The summed E-state index contributed by atoms with van der Waals surface area (Å²) in [5, 5.41) is 8.69. The first-order valence-electron chi connectivity index (χ1n) is 8.93. The second-order valence-corrected chi connectivity index (χ2v) is 9.66. The molecule has 1 fully saturated rings. The van der Waals surface area contributed by atoms with Gasteiger partial charge in [-0.05, 0) is 24.3 Å². The molecule has 0 aliphatic carbocycles. The monoisotopic (exact) mass is 385 g/mol. The van der Waals surface area contributed by atoms with E-state index < -0.39 is 10.0 Å². The lowest BCUT2D eigenvalue weighted by Crippen LogP contribution is -2.60. The highest BCUT2D eigenvalue weighted by Crippen LogP contribution is 2.30. The summed E-state index contributed by atoms with van der Waals surface area (Å²) in [6, 6.07) is 11.2. The van der Waals surface area contributed by atoms with Crippen molar-refractivity contribution in [1.82, 2.24) is 15.1 Å². The Morgan fingerprint density at radius 3 is 2.41 bits per heavy atom. The van der Waals surface area contributed by atoms with E-state index in [-0.39, 0.29) is 16.4 Å². The number of benzene rings is 1. The van der Waals surface area contributed by atoms with Gasteiger partial charge >= 0.3 is 0 Å². The maximum Gasteiger partial charge on any atom is 0.285 e. The highest BCUT2D eigenvalue weighted by Gasteiger charge is 2.37. The average Bonchev–Trinajstić information content (AvgIpc) is 2.85. The Kier molecular flexibility index (Phi) is 3.99. The van der Waals surface area contributed by atoms with Crippen LogP contribution in [-0.4, -0.2) is 55.5 Å². The topological polar surface area (TPSA) is 78.8 Å². The van der Waals surface area contributed by atoms with Crippen molar-refractivity contribution >= 4 is 21.7 Å². The molecule has 1 aromatic heterocycles. The molecule has 0 atom stereocenters. The van der Waals surface area contributed by atoms with Gasteiger partial charge in [0.2, 0.25) is 0 Å². The zero-order valence-corrected chi connectivity index (χ0v) is 16.7. The molecule has 1 saturated heterocycles. The average molecular weight is 385 g/mol. The lowest BCUT2D eigenvalue weighted by Gasteiger charge is -2.45. The number of aromatic nitrogens is 2. The zero-order chi connectivity index (χ0) is 19.4. The molecule has 3 heterocycles. The molecule has 0 amide bonds. The molecule has 0 N–H and O–H groups in total. The number of fused-ring (bicyclic) bond motifs is 1. The standard InChI is InChI=1S/C19H23N5O2S/c1-19(2,3)16-9-10-17(21-20-16)24-11-13(12-24)23(4)18-14-7-5-6-8-15(14)27(25,26)22-18/h5-10,13H,11-12H2,1-4H3. The predicted octanol–water partition coefficient (Wildman–Crippen LogP) is 2.04. The number of hydrogen-bond acceptors (Lipinski definition) is 6. The van der Waals surface area contributed by atoms with Crippen molar-refractivity contribution < 1.29 is 8.42 Å². The molecular weight excluding hydrogens is 362 g/mol. The van der Waals surface area contributed by atoms with Gasteiger partial charge in [-0.2, -0.15) is 13.5 Å². The summed E-state index contributed by atoms with van der Waals surface area (Å²) in [7, 11) is -1.70. The van der Waals surface area contributed by atoms with Crippen LogP contribution in [0.4, 0.5) is 5.82 Å². The number of likely N-dealkylation sites (N-methyl/N-ethyl adjacent to an activating group) is 1. The molecule has 0 spiro atoms. The Balaban J connectivity index is 1.47. The minimum absolute atomic E-state index is 0.0251. The van der Waals surface area contributed by atoms with Gasteiger partial charge in [0.25, 0.3) is 10.0 Å². The van der Waals surface area contributed by atoms with Crippen molar-refractivity contribution in [3.05, 3.63) is 47.7 Å². The molecule has 2 aliphatic rings. The largest absolute Gasteiger partial charge is 0.352 e. The lowest BCUT2D eigenvalue weighted by molar-refractivity contribution is 0.303. The van der Waals surface area contributed by atoms with Crippen LogP contribution in [0.2, 0.25) is 0 Å². The van der Waals surface area contributed by atoms with Crippen molar-refractivity contribution in [2.75, 3.05) is 25.0 Å². The fraction of sp³-hybridized carbons (Fsp3) is 0.421. The SMILES string of the molecule is CN(C1=NS(=O)(=O)c2ccccc21)C1CN(c2ccc(C(C)(C)C)nn2)C1. The van der Waals surface area contributed by atoms with Crippen molar-refractivity contribution in [3.8, 4) is 0 Å². The van der Waals surface area contributed by atoms with Gasteiger partial charge in [0, 0.05) is 31.1 Å². The highest BCUT2D eigenvalue weighted by atomic mass is 32.2. The van der Waals surface area contributed by atoms with Crippen molar-refractivity contribution in [2.45, 2.75) is 37.1 Å². The third-order valence-corrected chi connectivity index (χ3v) is 6.42. The summed E-state index contributed by atoms with van der Waals surface area (Å²) in [5.41, 5.74) is 1.61. The predicted molar refractivity (Wildman–Crippen MR) is 105 cm³/mol. The maximum atomic E-state index is 12.3. The summed E-state index contributed by atoms with van der Waals surface area (Å²) >= 11 is 0. The zero-order valence-electron chi connectivity index (χ0n) is 15.9. The van der Waals surface area contributed by atoms with Gasteiger partial charge in [0.1, 0.15) is 4.90 Å². The quantitative estimate of drug-likeness (QED) is 0.787. The number of amidine groups is 1. The third kappa shape index (κ3) is 3.07. The summed E-state index contributed by atoms with van der Waals surface area (Å²) in [6.07, 6.45) is 0. The molecule has 8 heteroatoms. The molecule has 0 radical (unpaired) electrons. The minimum Gasteiger partial charge on any atom is -0.352 e. The second kappa shape index (κ2) is 6.02. The molecule has 0 bridgehead atoms. The van der Waals surface area contributed by atoms with Crippen LogP contribution in [0, 0.1) is 0 Å². The summed E-state index contributed by atoms with van der Waals surface area (Å²) < 4.78 is 28.5. The normalized spacial score (nSPS) is 18.7. The number of sulfonamides is 1. The Labute approximate surface area is 159 Å². The number of anilines is 1. The van der Waals surface area contributed by atoms with Gasteiger partial charge in [-0.25, -0.2) is 0 Å². The van der Waals surface area contributed by atoms with Gasteiger partial charge in [0.05, 0.1) is 11.7 Å². The van der Waals surface area contributed by atoms with Crippen LogP contribution in [0.25, 0.3) is 0 Å². The van der Waals surface area contributed by atoms with Crippen LogP contribution in [-0.2, 0) is 15.4 Å². The molecular formula is C19H23N5O2S.